The van der Waals surface area contributed by atoms with Crippen LogP contribution in [-0.2, 0) is 9.59 Å². The van der Waals surface area contributed by atoms with Crippen LogP contribution in [0.3, 0.4) is 0 Å². The number of amides is 1. The Bertz CT molecular complexity index is 759. The normalized spacial score (nSPS) is 47.7. The SMILES string of the molecule is C[C@H](CCC(=O)NCC(=O)O)[C@H]1CC[C@@H]2[C@H]3[C@H](O)C[C@H]4C[C@H](O)CC[C@]4(C)[C@@H]3C[C@H](O)[C@@]21C. The third-order valence-electron chi connectivity index (χ3n) is 10.8. The van der Waals surface area contributed by atoms with Crippen molar-refractivity contribution in [2.75, 3.05) is 6.54 Å². The van der Waals surface area contributed by atoms with Crippen LogP contribution in [0.5, 0.6) is 0 Å². The average Bonchev–Trinajstić information content (AvgIpc) is 3.11. The van der Waals surface area contributed by atoms with Crippen LogP contribution in [0.1, 0.15) is 78.6 Å². The first-order chi connectivity index (χ1) is 15.5. The summed E-state index contributed by atoms with van der Waals surface area (Å²) < 4.78 is 0. The number of carbonyl (C=O) groups excluding carboxylic acids is 1. The number of aliphatic hydroxyl groups excluding tert-OH is 3. The Hall–Kier alpha value is -1.18. The zero-order valence-corrected chi connectivity index (χ0v) is 20.4. The smallest absolute Gasteiger partial charge is 0.322 e. The minimum Gasteiger partial charge on any atom is -0.480 e. The molecule has 4 saturated carbocycles. The number of hydrogen-bond acceptors (Lipinski definition) is 5. The van der Waals surface area contributed by atoms with Gasteiger partial charge in [-0.25, -0.2) is 0 Å². The second kappa shape index (κ2) is 9.12. The molecular formula is C26H43NO6. The molecule has 0 bridgehead atoms. The summed E-state index contributed by atoms with van der Waals surface area (Å²) >= 11 is 0. The molecule has 1 amide bonds. The molecule has 4 aliphatic rings. The van der Waals surface area contributed by atoms with Crippen molar-refractivity contribution in [2.45, 2.75) is 96.9 Å². The molecule has 4 rings (SSSR count). The van der Waals surface area contributed by atoms with E-state index in [1.807, 2.05) is 0 Å². The Morgan fingerprint density at radius 2 is 1.76 bits per heavy atom. The van der Waals surface area contributed by atoms with E-state index in [4.69, 9.17) is 5.11 Å². The summed E-state index contributed by atoms with van der Waals surface area (Å²) in [6, 6.07) is 0. The first-order valence-corrected chi connectivity index (χ1v) is 13.0. The van der Waals surface area contributed by atoms with Gasteiger partial charge >= 0.3 is 5.97 Å². The van der Waals surface area contributed by atoms with Crippen molar-refractivity contribution in [3.63, 3.8) is 0 Å². The number of carboxylic acids is 1. The number of aliphatic carboxylic acids is 1. The van der Waals surface area contributed by atoms with E-state index in [1.165, 1.54) is 0 Å². The van der Waals surface area contributed by atoms with Crippen LogP contribution < -0.4 is 5.32 Å². The summed E-state index contributed by atoms with van der Waals surface area (Å²) in [7, 11) is 0. The molecule has 33 heavy (non-hydrogen) atoms. The molecule has 11 atom stereocenters. The van der Waals surface area contributed by atoms with Crippen molar-refractivity contribution < 1.29 is 30.0 Å². The molecule has 0 saturated heterocycles. The number of nitrogens with one attached hydrogen (secondary N) is 1. The molecule has 5 N–H and O–H groups in total. The summed E-state index contributed by atoms with van der Waals surface area (Å²) in [5.41, 5.74) is -0.214. The maximum Gasteiger partial charge on any atom is 0.322 e. The van der Waals surface area contributed by atoms with E-state index >= 15 is 0 Å². The van der Waals surface area contributed by atoms with E-state index in [2.05, 4.69) is 26.1 Å². The van der Waals surface area contributed by atoms with Gasteiger partial charge in [-0.2, -0.15) is 0 Å². The molecule has 0 aromatic heterocycles. The monoisotopic (exact) mass is 465 g/mol. The van der Waals surface area contributed by atoms with Crippen molar-refractivity contribution in [2.24, 2.45) is 46.3 Å². The predicted molar refractivity (Wildman–Crippen MR) is 123 cm³/mol. The molecule has 0 unspecified atom stereocenters. The van der Waals surface area contributed by atoms with Gasteiger partial charge in [0.1, 0.15) is 6.54 Å². The van der Waals surface area contributed by atoms with Gasteiger partial charge in [0.15, 0.2) is 0 Å². The van der Waals surface area contributed by atoms with Gasteiger partial charge in [-0.15, -0.1) is 0 Å². The third kappa shape index (κ3) is 4.23. The van der Waals surface area contributed by atoms with Crippen molar-refractivity contribution in [1.29, 1.82) is 0 Å². The Balaban J connectivity index is 1.49. The second-order valence-electron chi connectivity index (χ2n) is 12.2. The van der Waals surface area contributed by atoms with Gasteiger partial charge in [-0.05, 0) is 97.7 Å². The number of aliphatic hydroxyl groups is 3. The van der Waals surface area contributed by atoms with Gasteiger partial charge in [0, 0.05) is 6.42 Å². The lowest BCUT2D eigenvalue weighted by molar-refractivity contribution is -0.207. The molecule has 0 heterocycles. The molecule has 0 aliphatic heterocycles. The Morgan fingerprint density at radius 3 is 2.45 bits per heavy atom. The van der Waals surface area contributed by atoms with E-state index in [1.54, 1.807) is 0 Å². The largest absolute Gasteiger partial charge is 0.480 e. The fourth-order valence-electron chi connectivity index (χ4n) is 8.95. The molecule has 0 aromatic rings. The maximum absolute atomic E-state index is 12.0. The lowest BCUT2D eigenvalue weighted by Crippen LogP contribution is -2.62. The summed E-state index contributed by atoms with van der Waals surface area (Å²) in [6.45, 7) is 6.35. The van der Waals surface area contributed by atoms with E-state index in [9.17, 15) is 24.9 Å². The van der Waals surface area contributed by atoms with Crippen molar-refractivity contribution in [1.82, 2.24) is 5.32 Å². The zero-order valence-electron chi connectivity index (χ0n) is 20.4. The molecule has 188 valence electrons. The molecule has 7 heteroatoms. The van der Waals surface area contributed by atoms with Gasteiger partial charge in [-0.3, -0.25) is 9.59 Å². The first kappa shape index (κ1) is 24.9. The quantitative estimate of drug-likeness (QED) is 0.410. The second-order valence-corrected chi connectivity index (χ2v) is 12.2. The van der Waals surface area contributed by atoms with E-state index in [0.29, 0.717) is 25.2 Å². The van der Waals surface area contributed by atoms with Crippen molar-refractivity contribution in [3.05, 3.63) is 0 Å². The molecule has 0 aromatic carbocycles. The summed E-state index contributed by atoms with van der Waals surface area (Å²) in [5.74, 6) is 0.265. The van der Waals surface area contributed by atoms with Gasteiger partial charge < -0.3 is 25.7 Å². The molecule has 7 nitrogen and oxygen atoms in total. The van der Waals surface area contributed by atoms with Crippen LogP contribution in [0.15, 0.2) is 0 Å². The Labute approximate surface area is 197 Å². The Kier molecular flexibility index (Phi) is 6.89. The third-order valence-corrected chi connectivity index (χ3v) is 10.8. The van der Waals surface area contributed by atoms with Gasteiger partial charge in [0.05, 0.1) is 18.3 Å². The van der Waals surface area contributed by atoms with Gasteiger partial charge in [0.25, 0.3) is 0 Å². The summed E-state index contributed by atoms with van der Waals surface area (Å²) in [5, 5.41) is 44.4. The van der Waals surface area contributed by atoms with Crippen LogP contribution in [-0.4, -0.2) is 57.2 Å². The number of carboxylic acid groups (broad SMARTS) is 1. The molecular weight excluding hydrogens is 422 g/mol. The van der Waals surface area contributed by atoms with Crippen LogP contribution in [0.4, 0.5) is 0 Å². The maximum atomic E-state index is 12.0. The topological polar surface area (TPSA) is 127 Å². The highest BCUT2D eigenvalue weighted by Crippen LogP contribution is 2.68. The highest BCUT2D eigenvalue weighted by molar-refractivity contribution is 5.81. The lowest BCUT2D eigenvalue weighted by Gasteiger charge is -2.63. The van der Waals surface area contributed by atoms with Crippen molar-refractivity contribution >= 4 is 11.9 Å². The number of rotatable bonds is 6. The van der Waals surface area contributed by atoms with Gasteiger partial charge in [0.2, 0.25) is 5.91 Å². The first-order valence-electron chi connectivity index (χ1n) is 13.0. The average molecular weight is 466 g/mol. The van der Waals surface area contributed by atoms with Gasteiger partial charge in [-0.1, -0.05) is 20.8 Å². The fourth-order valence-corrected chi connectivity index (χ4v) is 8.95. The number of fused-ring (bicyclic) bond motifs is 5. The summed E-state index contributed by atoms with van der Waals surface area (Å²) in [6.07, 6.45) is 5.86. The standard InChI is InChI=1S/C26H43NO6/c1-14(4-7-22(31)27-13-23(32)33)17-5-6-18-24-19(12-21(30)26(17,18)3)25(2)9-8-16(28)10-15(25)11-20(24)29/h14-21,24,28-30H,4-13H2,1-3H3,(H,27,31)(H,32,33)/t14-,15-,16-,17-,18-,19-,20-,21+,24-,25+,26-/m1/s1. The van der Waals surface area contributed by atoms with Crippen LogP contribution in [0.25, 0.3) is 0 Å². The van der Waals surface area contributed by atoms with Crippen molar-refractivity contribution in [3.8, 4) is 0 Å². The van der Waals surface area contributed by atoms with E-state index in [-0.39, 0.29) is 65.1 Å². The number of hydrogen-bond donors (Lipinski definition) is 5. The molecule has 0 spiro atoms. The highest BCUT2D eigenvalue weighted by Gasteiger charge is 2.65. The number of carbonyl (C=O) groups is 2. The van der Waals surface area contributed by atoms with Crippen LogP contribution in [0, 0.1) is 46.3 Å². The molecule has 4 aliphatic carbocycles. The zero-order chi connectivity index (χ0) is 24.1. The minimum absolute atomic E-state index is 0.0668. The van der Waals surface area contributed by atoms with E-state index < -0.39 is 12.1 Å². The van der Waals surface area contributed by atoms with Crippen LogP contribution >= 0.6 is 0 Å². The molecule has 4 fully saturated rings. The van der Waals surface area contributed by atoms with E-state index in [0.717, 1.165) is 38.5 Å². The lowest BCUT2D eigenvalue weighted by atomic mass is 9.43. The fraction of sp³-hybridized carbons (Fsp3) is 0.923. The summed E-state index contributed by atoms with van der Waals surface area (Å²) in [4.78, 5) is 22.7. The van der Waals surface area contributed by atoms with Crippen LogP contribution in [0.2, 0.25) is 0 Å². The highest BCUT2D eigenvalue weighted by atomic mass is 16.4. The molecule has 0 radical (unpaired) electrons. The Morgan fingerprint density at radius 1 is 1.03 bits per heavy atom. The minimum atomic E-state index is -1.04. The predicted octanol–water partition coefficient (Wildman–Crippen LogP) is 2.56.